The molecule has 0 amide bonds. The molecule has 3 aromatic heterocycles. The number of nitrogens with zero attached hydrogens (tertiary/aromatic N) is 3. The second-order valence-corrected chi connectivity index (χ2v) is 10.3. The molecule has 3 nitrogen and oxygen atoms in total. The van der Waals surface area contributed by atoms with Crippen molar-refractivity contribution in [3.8, 4) is 33.6 Å². The largest absolute Gasteiger partial charge is 0.264 e. The van der Waals surface area contributed by atoms with Gasteiger partial charge in [-0.3, -0.25) is 15.0 Å². The molecule has 4 heteroatoms. The van der Waals surface area contributed by atoms with Gasteiger partial charge in [-0.2, -0.15) is 0 Å². The SMILES string of the molecule is Cc1cc(F)ccc1-c1ccccn1.Cc1ccc(C)c(-c2ccccn2)c1.Cc1ccc(C)c(-c2cccnc2)c1. The highest BCUT2D eigenvalue weighted by Gasteiger charge is 2.04. The van der Waals surface area contributed by atoms with Crippen LogP contribution in [0.1, 0.15) is 27.8 Å². The first kappa shape index (κ1) is 30.0. The number of benzene rings is 3. The van der Waals surface area contributed by atoms with Gasteiger partial charge in [-0.1, -0.05) is 59.7 Å². The van der Waals surface area contributed by atoms with Gasteiger partial charge in [-0.25, -0.2) is 4.39 Å². The van der Waals surface area contributed by atoms with Gasteiger partial charge in [0.05, 0.1) is 11.4 Å². The molecule has 0 unspecified atom stereocenters. The summed E-state index contributed by atoms with van der Waals surface area (Å²) in [5.41, 5.74) is 12.6. The van der Waals surface area contributed by atoms with Crippen LogP contribution in [0.15, 0.2) is 128 Å². The molecule has 0 saturated carbocycles. The maximum atomic E-state index is 12.8. The fraction of sp³-hybridized carbons (Fsp3) is 0.132. The topological polar surface area (TPSA) is 38.7 Å². The van der Waals surface area contributed by atoms with Crippen LogP contribution in [0.25, 0.3) is 33.6 Å². The van der Waals surface area contributed by atoms with Crippen LogP contribution in [-0.2, 0) is 0 Å². The number of hydrogen-bond acceptors (Lipinski definition) is 3. The van der Waals surface area contributed by atoms with E-state index < -0.39 is 0 Å². The maximum absolute atomic E-state index is 12.8. The molecular formula is C38H36FN3. The Balaban J connectivity index is 0.000000145. The van der Waals surface area contributed by atoms with E-state index >= 15 is 0 Å². The lowest BCUT2D eigenvalue weighted by Gasteiger charge is -2.06. The van der Waals surface area contributed by atoms with Gasteiger partial charge < -0.3 is 0 Å². The van der Waals surface area contributed by atoms with E-state index in [0.717, 1.165) is 22.5 Å². The van der Waals surface area contributed by atoms with Crippen LogP contribution in [0.4, 0.5) is 4.39 Å². The molecular weight excluding hydrogens is 517 g/mol. The third-order valence-corrected chi connectivity index (χ3v) is 6.83. The van der Waals surface area contributed by atoms with Crippen molar-refractivity contribution in [2.75, 3.05) is 0 Å². The lowest BCUT2D eigenvalue weighted by Crippen LogP contribution is -1.87. The van der Waals surface area contributed by atoms with Crippen molar-refractivity contribution in [2.24, 2.45) is 0 Å². The number of pyridine rings is 3. The zero-order valence-electron chi connectivity index (χ0n) is 24.8. The van der Waals surface area contributed by atoms with Crippen LogP contribution in [0.2, 0.25) is 0 Å². The molecule has 6 rings (SSSR count). The van der Waals surface area contributed by atoms with E-state index in [1.165, 1.54) is 51.1 Å². The molecule has 0 saturated heterocycles. The van der Waals surface area contributed by atoms with Crippen molar-refractivity contribution in [1.82, 2.24) is 15.0 Å². The molecule has 0 bridgehead atoms. The van der Waals surface area contributed by atoms with E-state index in [0.29, 0.717) is 0 Å². The summed E-state index contributed by atoms with van der Waals surface area (Å²) in [6.07, 6.45) is 7.27. The number of aryl methyl sites for hydroxylation is 5. The number of rotatable bonds is 3. The van der Waals surface area contributed by atoms with Crippen molar-refractivity contribution < 1.29 is 4.39 Å². The Labute approximate surface area is 248 Å². The van der Waals surface area contributed by atoms with Crippen molar-refractivity contribution in [2.45, 2.75) is 34.6 Å². The molecule has 0 aliphatic heterocycles. The Bertz CT molecular complexity index is 1630. The first-order chi connectivity index (χ1) is 20.3. The molecule has 3 heterocycles. The third-order valence-electron chi connectivity index (χ3n) is 6.83. The van der Waals surface area contributed by atoms with Gasteiger partial charge in [0.2, 0.25) is 0 Å². The number of aromatic nitrogens is 3. The summed E-state index contributed by atoms with van der Waals surface area (Å²) in [4.78, 5) is 12.7. The molecule has 0 spiro atoms. The predicted molar refractivity (Wildman–Crippen MR) is 173 cm³/mol. The maximum Gasteiger partial charge on any atom is 0.123 e. The van der Waals surface area contributed by atoms with Crippen LogP contribution in [0.5, 0.6) is 0 Å². The average Bonchev–Trinajstić information content (AvgIpc) is 3.01. The van der Waals surface area contributed by atoms with E-state index in [1.807, 2.05) is 61.8 Å². The van der Waals surface area contributed by atoms with Gasteiger partial charge in [-0.15, -0.1) is 0 Å². The van der Waals surface area contributed by atoms with Crippen LogP contribution < -0.4 is 0 Å². The van der Waals surface area contributed by atoms with Gasteiger partial charge in [0.25, 0.3) is 0 Å². The van der Waals surface area contributed by atoms with Gasteiger partial charge in [0.1, 0.15) is 5.82 Å². The van der Waals surface area contributed by atoms with Crippen molar-refractivity contribution >= 4 is 0 Å². The summed E-state index contributed by atoms with van der Waals surface area (Å²) in [7, 11) is 0. The van der Waals surface area contributed by atoms with Crippen molar-refractivity contribution in [1.29, 1.82) is 0 Å². The van der Waals surface area contributed by atoms with Crippen molar-refractivity contribution in [3.63, 3.8) is 0 Å². The van der Waals surface area contributed by atoms with Crippen molar-refractivity contribution in [3.05, 3.63) is 162 Å². The Morgan fingerprint density at radius 3 is 1.62 bits per heavy atom. The van der Waals surface area contributed by atoms with E-state index in [1.54, 1.807) is 18.5 Å². The first-order valence-corrected chi connectivity index (χ1v) is 14.0. The zero-order valence-corrected chi connectivity index (χ0v) is 24.8. The summed E-state index contributed by atoms with van der Waals surface area (Å²) < 4.78 is 12.8. The molecule has 0 aliphatic rings. The highest BCUT2D eigenvalue weighted by molar-refractivity contribution is 5.67. The van der Waals surface area contributed by atoms with Gasteiger partial charge in [0.15, 0.2) is 0 Å². The Kier molecular flexibility index (Phi) is 10.4. The first-order valence-electron chi connectivity index (χ1n) is 14.0. The van der Waals surface area contributed by atoms with Crippen LogP contribution in [0.3, 0.4) is 0 Å². The lowest BCUT2D eigenvalue weighted by molar-refractivity contribution is 0.627. The average molecular weight is 554 g/mol. The smallest absolute Gasteiger partial charge is 0.123 e. The zero-order chi connectivity index (χ0) is 29.9. The molecule has 0 atom stereocenters. The monoisotopic (exact) mass is 553 g/mol. The third kappa shape index (κ3) is 8.28. The highest BCUT2D eigenvalue weighted by Crippen LogP contribution is 2.24. The molecule has 0 radical (unpaired) electrons. The van der Waals surface area contributed by atoms with Gasteiger partial charge >= 0.3 is 0 Å². The fourth-order valence-corrected chi connectivity index (χ4v) is 4.54. The number of halogens is 1. The molecule has 6 aromatic rings. The summed E-state index contributed by atoms with van der Waals surface area (Å²) in [5, 5.41) is 0. The molecule has 3 aromatic carbocycles. The van der Waals surface area contributed by atoms with Gasteiger partial charge in [-0.05, 0) is 111 Å². The minimum Gasteiger partial charge on any atom is -0.264 e. The quantitative estimate of drug-likeness (QED) is 0.219. The van der Waals surface area contributed by atoms with E-state index in [4.69, 9.17) is 0 Å². The van der Waals surface area contributed by atoms with E-state index in [-0.39, 0.29) is 5.82 Å². The summed E-state index contributed by atoms with van der Waals surface area (Å²) in [6, 6.07) is 33.4. The fourth-order valence-electron chi connectivity index (χ4n) is 4.54. The molecule has 0 aliphatic carbocycles. The Morgan fingerprint density at radius 2 is 1.07 bits per heavy atom. The van der Waals surface area contributed by atoms with Crippen LogP contribution in [-0.4, -0.2) is 15.0 Å². The minimum absolute atomic E-state index is 0.206. The predicted octanol–water partition coefficient (Wildman–Crippen LogP) is 9.93. The standard InChI is InChI=1S/2C13H13N.C12H10FN/c1-10-5-6-11(2)13(8-10)12-4-3-7-14-9-12;1-10-6-7-11(2)12(9-10)13-5-3-4-8-14-13;1-9-8-10(13)5-6-11(9)12-4-2-3-7-14-12/h2*3-9H,1-2H3;2-8H,1H3. The van der Waals surface area contributed by atoms with E-state index in [9.17, 15) is 4.39 Å². The normalized spacial score (nSPS) is 10.1. The van der Waals surface area contributed by atoms with Crippen LogP contribution in [0, 0.1) is 40.4 Å². The Morgan fingerprint density at radius 1 is 0.476 bits per heavy atom. The van der Waals surface area contributed by atoms with Crippen LogP contribution >= 0.6 is 0 Å². The molecule has 0 N–H and O–H groups in total. The molecule has 210 valence electrons. The summed E-state index contributed by atoms with van der Waals surface area (Å²) in [6.45, 7) is 10.3. The summed E-state index contributed by atoms with van der Waals surface area (Å²) in [5.74, 6) is -0.206. The van der Waals surface area contributed by atoms with Gasteiger partial charge in [0, 0.05) is 41.5 Å². The molecule has 0 fully saturated rings. The second kappa shape index (κ2) is 14.6. The second-order valence-electron chi connectivity index (χ2n) is 10.3. The van der Waals surface area contributed by atoms with E-state index in [2.05, 4.69) is 85.1 Å². The lowest BCUT2D eigenvalue weighted by atomic mass is 10.00. The summed E-state index contributed by atoms with van der Waals surface area (Å²) >= 11 is 0. The highest BCUT2D eigenvalue weighted by atomic mass is 19.1. The molecule has 42 heavy (non-hydrogen) atoms. The minimum atomic E-state index is -0.206. The number of hydrogen-bond donors (Lipinski definition) is 0. The Hall–Kier alpha value is -4.96.